The van der Waals surface area contributed by atoms with Gasteiger partial charge in [-0.25, -0.2) is 4.98 Å². The molecule has 0 saturated heterocycles. The highest BCUT2D eigenvalue weighted by Crippen LogP contribution is 2.27. The monoisotopic (exact) mass is 245 g/mol. The first-order valence-corrected chi connectivity index (χ1v) is 6.57. The van der Waals surface area contributed by atoms with Crippen LogP contribution in [0.1, 0.15) is 25.8 Å². The molecule has 2 rings (SSSR count). The highest BCUT2D eigenvalue weighted by atomic mass is 32.1. The SMILES string of the molecule is CCC(C)Nc1nc2ccc(CC#N)cc2s1. The van der Waals surface area contributed by atoms with Crippen molar-refractivity contribution in [1.82, 2.24) is 4.98 Å². The summed E-state index contributed by atoms with van der Waals surface area (Å²) < 4.78 is 1.14. The summed E-state index contributed by atoms with van der Waals surface area (Å²) in [5.41, 5.74) is 2.06. The quantitative estimate of drug-likeness (QED) is 0.895. The number of nitrogens with one attached hydrogen (secondary N) is 1. The van der Waals surface area contributed by atoms with Crippen LogP contribution in [0.3, 0.4) is 0 Å². The second kappa shape index (κ2) is 5.15. The highest BCUT2D eigenvalue weighted by molar-refractivity contribution is 7.22. The normalized spacial score (nSPS) is 12.3. The summed E-state index contributed by atoms with van der Waals surface area (Å²) >= 11 is 1.65. The van der Waals surface area contributed by atoms with Gasteiger partial charge in [-0.05, 0) is 31.0 Å². The van der Waals surface area contributed by atoms with Crippen LogP contribution in [0.2, 0.25) is 0 Å². The zero-order chi connectivity index (χ0) is 12.3. The van der Waals surface area contributed by atoms with E-state index in [1.165, 1.54) is 0 Å². The Labute approximate surface area is 105 Å². The molecule has 0 bridgehead atoms. The van der Waals surface area contributed by atoms with Crippen molar-refractivity contribution in [3.63, 3.8) is 0 Å². The molecule has 0 aliphatic heterocycles. The standard InChI is InChI=1S/C13H15N3S/c1-3-9(2)15-13-16-11-5-4-10(6-7-14)8-12(11)17-13/h4-5,8-9H,3,6H2,1-2H3,(H,15,16). The van der Waals surface area contributed by atoms with Gasteiger partial charge >= 0.3 is 0 Å². The van der Waals surface area contributed by atoms with Gasteiger partial charge in [0, 0.05) is 6.04 Å². The van der Waals surface area contributed by atoms with E-state index in [9.17, 15) is 0 Å². The Morgan fingerprint density at radius 2 is 2.35 bits per heavy atom. The van der Waals surface area contributed by atoms with Crippen LogP contribution in [0.4, 0.5) is 5.13 Å². The topological polar surface area (TPSA) is 48.7 Å². The number of nitriles is 1. The van der Waals surface area contributed by atoms with Gasteiger partial charge in [0.15, 0.2) is 5.13 Å². The molecule has 0 spiro atoms. The van der Waals surface area contributed by atoms with Gasteiger partial charge in [0.25, 0.3) is 0 Å². The molecule has 0 aliphatic rings. The third kappa shape index (κ3) is 2.75. The van der Waals surface area contributed by atoms with Crippen molar-refractivity contribution in [2.24, 2.45) is 0 Å². The van der Waals surface area contributed by atoms with Crippen LogP contribution in [0.25, 0.3) is 10.2 Å². The second-order valence-corrected chi connectivity index (χ2v) is 5.14. The molecule has 0 radical (unpaired) electrons. The van der Waals surface area contributed by atoms with E-state index in [0.717, 1.165) is 27.3 Å². The maximum Gasteiger partial charge on any atom is 0.183 e. The van der Waals surface area contributed by atoms with Crippen molar-refractivity contribution in [3.8, 4) is 6.07 Å². The Morgan fingerprint density at radius 3 is 3.06 bits per heavy atom. The van der Waals surface area contributed by atoms with Gasteiger partial charge in [0.1, 0.15) is 0 Å². The number of anilines is 1. The molecule has 88 valence electrons. The second-order valence-electron chi connectivity index (χ2n) is 4.11. The van der Waals surface area contributed by atoms with Crippen LogP contribution in [0, 0.1) is 11.3 Å². The average Bonchev–Trinajstić information content (AvgIpc) is 2.70. The number of fused-ring (bicyclic) bond motifs is 1. The third-order valence-corrected chi connectivity index (χ3v) is 3.67. The van der Waals surface area contributed by atoms with Crippen LogP contribution < -0.4 is 5.32 Å². The predicted molar refractivity (Wildman–Crippen MR) is 72.3 cm³/mol. The number of benzene rings is 1. The number of hydrogen-bond acceptors (Lipinski definition) is 4. The molecule has 1 N–H and O–H groups in total. The number of rotatable bonds is 4. The summed E-state index contributed by atoms with van der Waals surface area (Å²) in [6.45, 7) is 4.29. The summed E-state index contributed by atoms with van der Waals surface area (Å²) in [4.78, 5) is 4.53. The van der Waals surface area contributed by atoms with Gasteiger partial charge in [0.05, 0.1) is 22.7 Å². The van der Waals surface area contributed by atoms with Crippen LogP contribution >= 0.6 is 11.3 Å². The van der Waals surface area contributed by atoms with E-state index in [-0.39, 0.29) is 0 Å². The Hall–Kier alpha value is -1.60. The van der Waals surface area contributed by atoms with Gasteiger partial charge in [-0.2, -0.15) is 5.26 Å². The fraction of sp³-hybridized carbons (Fsp3) is 0.385. The number of hydrogen-bond donors (Lipinski definition) is 1. The number of nitrogens with zero attached hydrogens (tertiary/aromatic N) is 2. The summed E-state index contributed by atoms with van der Waals surface area (Å²) in [6, 6.07) is 8.61. The first-order chi connectivity index (χ1) is 8.22. The Balaban J connectivity index is 2.28. The molecule has 0 aliphatic carbocycles. The summed E-state index contributed by atoms with van der Waals surface area (Å²) in [7, 11) is 0. The zero-order valence-corrected chi connectivity index (χ0v) is 10.8. The molecule has 1 aromatic heterocycles. The lowest BCUT2D eigenvalue weighted by atomic mass is 10.2. The van der Waals surface area contributed by atoms with Gasteiger partial charge in [0.2, 0.25) is 0 Å². The van der Waals surface area contributed by atoms with Crippen molar-refractivity contribution < 1.29 is 0 Å². The third-order valence-electron chi connectivity index (χ3n) is 2.72. The van der Waals surface area contributed by atoms with Crippen LogP contribution in [0.5, 0.6) is 0 Å². The van der Waals surface area contributed by atoms with Gasteiger partial charge in [-0.3, -0.25) is 0 Å². The van der Waals surface area contributed by atoms with Gasteiger partial charge in [-0.15, -0.1) is 0 Å². The first-order valence-electron chi connectivity index (χ1n) is 5.76. The Bertz CT molecular complexity index is 553. The molecular weight excluding hydrogens is 230 g/mol. The van der Waals surface area contributed by atoms with Crippen molar-refractivity contribution in [3.05, 3.63) is 23.8 Å². The molecule has 17 heavy (non-hydrogen) atoms. The molecular formula is C13H15N3S. The Kier molecular flexibility index (Phi) is 3.60. The molecule has 4 heteroatoms. The molecule has 0 saturated carbocycles. The summed E-state index contributed by atoms with van der Waals surface area (Å²) in [5.74, 6) is 0. The molecule has 3 nitrogen and oxygen atoms in total. The van der Waals surface area contributed by atoms with Gasteiger partial charge < -0.3 is 5.32 Å². The van der Waals surface area contributed by atoms with Crippen molar-refractivity contribution in [2.45, 2.75) is 32.7 Å². The largest absolute Gasteiger partial charge is 0.359 e. The summed E-state index contributed by atoms with van der Waals surface area (Å²) in [5, 5.41) is 13.0. The Morgan fingerprint density at radius 1 is 1.53 bits per heavy atom. The van der Waals surface area contributed by atoms with E-state index in [1.54, 1.807) is 11.3 Å². The lowest BCUT2D eigenvalue weighted by Crippen LogP contribution is -2.12. The fourth-order valence-electron chi connectivity index (χ4n) is 1.54. The summed E-state index contributed by atoms with van der Waals surface area (Å²) in [6.07, 6.45) is 1.54. The lowest BCUT2D eigenvalue weighted by molar-refractivity contribution is 0.763. The maximum absolute atomic E-state index is 8.67. The molecule has 0 amide bonds. The van der Waals surface area contributed by atoms with E-state index in [0.29, 0.717) is 12.5 Å². The minimum Gasteiger partial charge on any atom is -0.359 e. The van der Waals surface area contributed by atoms with Crippen LogP contribution in [-0.2, 0) is 6.42 Å². The van der Waals surface area contributed by atoms with E-state index >= 15 is 0 Å². The average molecular weight is 245 g/mol. The first kappa shape index (κ1) is 11.9. The minimum atomic E-state index is 0.439. The smallest absolute Gasteiger partial charge is 0.183 e. The molecule has 2 aromatic rings. The predicted octanol–water partition coefficient (Wildman–Crippen LogP) is 3.57. The van der Waals surface area contributed by atoms with Crippen molar-refractivity contribution in [2.75, 3.05) is 5.32 Å². The highest BCUT2D eigenvalue weighted by Gasteiger charge is 2.06. The zero-order valence-electron chi connectivity index (χ0n) is 10.0. The number of thiazole rings is 1. The van der Waals surface area contributed by atoms with E-state index in [2.05, 4.69) is 36.3 Å². The molecule has 0 fully saturated rings. The van der Waals surface area contributed by atoms with Crippen LogP contribution in [0.15, 0.2) is 18.2 Å². The molecule has 1 heterocycles. The van der Waals surface area contributed by atoms with Crippen molar-refractivity contribution in [1.29, 1.82) is 5.26 Å². The van der Waals surface area contributed by atoms with Gasteiger partial charge in [-0.1, -0.05) is 24.3 Å². The lowest BCUT2D eigenvalue weighted by Gasteiger charge is -2.08. The molecule has 1 unspecified atom stereocenters. The van der Waals surface area contributed by atoms with E-state index in [1.807, 2.05) is 12.1 Å². The van der Waals surface area contributed by atoms with E-state index < -0.39 is 0 Å². The number of aromatic nitrogens is 1. The molecule has 1 atom stereocenters. The minimum absolute atomic E-state index is 0.439. The fourth-order valence-corrected chi connectivity index (χ4v) is 2.59. The molecule has 1 aromatic carbocycles. The maximum atomic E-state index is 8.67. The van der Waals surface area contributed by atoms with Crippen molar-refractivity contribution >= 4 is 26.7 Å². The van der Waals surface area contributed by atoms with E-state index in [4.69, 9.17) is 5.26 Å². The van der Waals surface area contributed by atoms with Crippen LogP contribution in [-0.4, -0.2) is 11.0 Å².